The van der Waals surface area contributed by atoms with Crippen LogP contribution in [0.15, 0.2) is 60.7 Å². The van der Waals surface area contributed by atoms with Gasteiger partial charge < -0.3 is 10.6 Å². The molecule has 4 heteroatoms. The summed E-state index contributed by atoms with van der Waals surface area (Å²) in [5.74, 6) is -1.51. The Balaban J connectivity index is 2.54. The fourth-order valence-electron chi connectivity index (χ4n) is 2.62. The van der Waals surface area contributed by atoms with Crippen LogP contribution in [0, 0.1) is 0 Å². The summed E-state index contributed by atoms with van der Waals surface area (Å²) in [5, 5.41) is 5.35. The number of likely N-dealkylation sites (N-methyl/N-ethyl adjacent to an activating group) is 2. The van der Waals surface area contributed by atoms with Crippen LogP contribution >= 0.6 is 0 Å². The Kier molecular flexibility index (Phi) is 5.31. The van der Waals surface area contributed by atoms with Crippen molar-refractivity contribution in [2.24, 2.45) is 0 Å². The van der Waals surface area contributed by atoms with Crippen LogP contribution in [0.3, 0.4) is 0 Å². The number of amides is 2. The summed E-state index contributed by atoms with van der Waals surface area (Å²) in [4.78, 5) is 24.9. The number of carbonyl (C=O) groups excluding carboxylic acids is 2. The number of hydrogen-bond acceptors (Lipinski definition) is 2. The van der Waals surface area contributed by atoms with Crippen molar-refractivity contribution in [2.45, 2.75) is 11.8 Å². The van der Waals surface area contributed by atoms with E-state index in [2.05, 4.69) is 10.6 Å². The van der Waals surface area contributed by atoms with E-state index in [9.17, 15) is 9.59 Å². The molecule has 0 unspecified atom stereocenters. The molecule has 2 atom stereocenters. The molecular formula is C18H20N2O2. The summed E-state index contributed by atoms with van der Waals surface area (Å²) in [6.07, 6.45) is 0. The van der Waals surface area contributed by atoms with Gasteiger partial charge in [0.25, 0.3) is 0 Å². The Labute approximate surface area is 130 Å². The van der Waals surface area contributed by atoms with Crippen molar-refractivity contribution in [3.05, 3.63) is 71.8 Å². The molecule has 0 aromatic heterocycles. The zero-order chi connectivity index (χ0) is 15.9. The molecule has 0 bridgehead atoms. The summed E-state index contributed by atoms with van der Waals surface area (Å²) < 4.78 is 0. The van der Waals surface area contributed by atoms with Crippen LogP contribution in [0.1, 0.15) is 23.0 Å². The minimum atomic E-state index is -0.575. The first-order valence-electron chi connectivity index (χ1n) is 7.22. The summed E-state index contributed by atoms with van der Waals surface area (Å²) in [7, 11) is 3.17. The van der Waals surface area contributed by atoms with Gasteiger partial charge in [-0.1, -0.05) is 60.7 Å². The molecule has 0 heterocycles. The van der Waals surface area contributed by atoms with Gasteiger partial charge >= 0.3 is 0 Å². The predicted molar refractivity (Wildman–Crippen MR) is 86.5 cm³/mol. The lowest BCUT2D eigenvalue weighted by molar-refractivity contribution is -0.128. The summed E-state index contributed by atoms with van der Waals surface area (Å²) in [5.41, 5.74) is 1.64. The lowest BCUT2D eigenvalue weighted by Crippen LogP contribution is -2.37. The zero-order valence-corrected chi connectivity index (χ0v) is 12.7. The van der Waals surface area contributed by atoms with E-state index in [1.807, 2.05) is 60.7 Å². The van der Waals surface area contributed by atoms with E-state index >= 15 is 0 Å². The van der Waals surface area contributed by atoms with Crippen molar-refractivity contribution in [1.29, 1.82) is 0 Å². The first-order valence-corrected chi connectivity index (χ1v) is 7.22. The van der Waals surface area contributed by atoms with Gasteiger partial charge in [0.2, 0.25) is 11.8 Å². The van der Waals surface area contributed by atoms with Crippen LogP contribution in [0.25, 0.3) is 0 Å². The van der Waals surface area contributed by atoms with Crippen molar-refractivity contribution >= 4 is 11.8 Å². The highest BCUT2D eigenvalue weighted by Gasteiger charge is 2.35. The largest absolute Gasteiger partial charge is 0.359 e. The summed E-state index contributed by atoms with van der Waals surface area (Å²) in [6.45, 7) is 0. The van der Waals surface area contributed by atoms with Gasteiger partial charge in [0.05, 0.1) is 11.8 Å². The predicted octanol–water partition coefficient (Wildman–Crippen LogP) is 2.05. The Morgan fingerprint density at radius 1 is 0.682 bits per heavy atom. The molecule has 2 aromatic carbocycles. The second-order valence-corrected chi connectivity index (χ2v) is 5.01. The van der Waals surface area contributed by atoms with E-state index in [1.165, 1.54) is 0 Å². The average Bonchev–Trinajstić information content (AvgIpc) is 2.59. The molecule has 114 valence electrons. The number of benzene rings is 2. The number of carbonyl (C=O) groups is 2. The minimum Gasteiger partial charge on any atom is -0.359 e. The third-order valence-corrected chi connectivity index (χ3v) is 3.71. The monoisotopic (exact) mass is 296 g/mol. The molecule has 0 saturated carbocycles. The van der Waals surface area contributed by atoms with Gasteiger partial charge in [-0.05, 0) is 11.1 Å². The first kappa shape index (κ1) is 15.8. The molecule has 0 radical (unpaired) electrons. The quantitative estimate of drug-likeness (QED) is 0.887. The maximum atomic E-state index is 12.5. The molecule has 0 aliphatic heterocycles. The third kappa shape index (κ3) is 3.34. The Bertz CT molecular complexity index is 569. The van der Waals surface area contributed by atoms with Crippen LogP contribution in [0.4, 0.5) is 0 Å². The average molecular weight is 296 g/mol. The molecule has 0 aliphatic rings. The second-order valence-electron chi connectivity index (χ2n) is 5.01. The molecule has 0 saturated heterocycles. The summed E-state index contributed by atoms with van der Waals surface area (Å²) in [6, 6.07) is 18.8. The van der Waals surface area contributed by atoms with Crippen LogP contribution in [0.5, 0.6) is 0 Å². The molecule has 2 amide bonds. The molecule has 2 rings (SSSR count). The van der Waals surface area contributed by atoms with E-state index in [1.54, 1.807) is 14.1 Å². The standard InChI is InChI=1S/C18H20N2O2/c1-19-17(21)15(13-9-5-3-6-10-13)16(18(22)20-2)14-11-7-4-8-12-14/h3-12,15-16H,1-2H3,(H,19,21)(H,20,22)/t15-,16-/m0/s1. The highest BCUT2D eigenvalue weighted by Crippen LogP contribution is 2.33. The van der Waals surface area contributed by atoms with Crippen LogP contribution < -0.4 is 10.6 Å². The van der Waals surface area contributed by atoms with Gasteiger partial charge in [0.15, 0.2) is 0 Å². The molecule has 0 fully saturated rings. The van der Waals surface area contributed by atoms with E-state index in [0.29, 0.717) is 0 Å². The molecule has 4 nitrogen and oxygen atoms in total. The lowest BCUT2D eigenvalue weighted by atomic mass is 9.80. The Morgan fingerprint density at radius 2 is 1.00 bits per heavy atom. The maximum absolute atomic E-state index is 12.5. The number of rotatable bonds is 5. The van der Waals surface area contributed by atoms with Crippen molar-refractivity contribution in [2.75, 3.05) is 14.1 Å². The van der Waals surface area contributed by atoms with Gasteiger partial charge in [0, 0.05) is 14.1 Å². The number of nitrogens with one attached hydrogen (secondary N) is 2. The SMILES string of the molecule is CNC(=O)[C@@H](c1ccccc1)[C@@H](C(=O)NC)c1ccccc1. The zero-order valence-electron chi connectivity index (χ0n) is 12.7. The van der Waals surface area contributed by atoms with Crippen molar-refractivity contribution in [3.8, 4) is 0 Å². The highest BCUT2D eigenvalue weighted by molar-refractivity contribution is 5.94. The fourth-order valence-corrected chi connectivity index (χ4v) is 2.62. The Hall–Kier alpha value is -2.62. The fraction of sp³-hybridized carbons (Fsp3) is 0.222. The first-order chi connectivity index (χ1) is 10.7. The van der Waals surface area contributed by atoms with Crippen molar-refractivity contribution < 1.29 is 9.59 Å². The van der Waals surface area contributed by atoms with E-state index in [-0.39, 0.29) is 11.8 Å². The Morgan fingerprint density at radius 3 is 1.27 bits per heavy atom. The van der Waals surface area contributed by atoms with E-state index in [0.717, 1.165) is 11.1 Å². The molecular weight excluding hydrogens is 276 g/mol. The van der Waals surface area contributed by atoms with Crippen LogP contribution in [-0.2, 0) is 9.59 Å². The maximum Gasteiger partial charge on any atom is 0.228 e. The molecule has 22 heavy (non-hydrogen) atoms. The normalized spacial score (nSPS) is 13.0. The molecule has 2 N–H and O–H groups in total. The van der Waals surface area contributed by atoms with Crippen LogP contribution in [0.2, 0.25) is 0 Å². The minimum absolute atomic E-state index is 0.177. The highest BCUT2D eigenvalue weighted by atomic mass is 16.2. The van der Waals surface area contributed by atoms with E-state index in [4.69, 9.17) is 0 Å². The second kappa shape index (κ2) is 7.41. The van der Waals surface area contributed by atoms with Gasteiger partial charge in [0.1, 0.15) is 0 Å². The lowest BCUT2D eigenvalue weighted by Gasteiger charge is -2.25. The van der Waals surface area contributed by atoms with Crippen LogP contribution in [-0.4, -0.2) is 25.9 Å². The summed E-state index contributed by atoms with van der Waals surface area (Å²) >= 11 is 0. The molecule has 0 spiro atoms. The van der Waals surface area contributed by atoms with Gasteiger partial charge in [-0.2, -0.15) is 0 Å². The van der Waals surface area contributed by atoms with Gasteiger partial charge in [-0.25, -0.2) is 0 Å². The topological polar surface area (TPSA) is 58.2 Å². The van der Waals surface area contributed by atoms with E-state index < -0.39 is 11.8 Å². The molecule has 0 aliphatic carbocycles. The van der Waals surface area contributed by atoms with Gasteiger partial charge in [-0.15, -0.1) is 0 Å². The van der Waals surface area contributed by atoms with Crippen molar-refractivity contribution in [3.63, 3.8) is 0 Å². The van der Waals surface area contributed by atoms with Crippen molar-refractivity contribution in [1.82, 2.24) is 10.6 Å². The smallest absolute Gasteiger partial charge is 0.228 e. The molecule has 2 aromatic rings. The van der Waals surface area contributed by atoms with Gasteiger partial charge in [-0.3, -0.25) is 9.59 Å². The number of hydrogen-bond donors (Lipinski definition) is 2. The third-order valence-electron chi connectivity index (χ3n) is 3.71.